The van der Waals surface area contributed by atoms with Crippen molar-refractivity contribution in [2.24, 2.45) is 11.7 Å². The van der Waals surface area contributed by atoms with Crippen molar-refractivity contribution in [2.45, 2.75) is 79.2 Å². The number of nitrogens with one attached hydrogen (secondary N) is 3. The zero-order valence-corrected chi connectivity index (χ0v) is 23.8. The van der Waals surface area contributed by atoms with Gasteiger partial charge in [-0.25, -0.2) is 9.59 Å². The Labute approximate surface area is 226 Å². The van der Waals surface area contributed by atoms with Crippen LogP contribution in [-0.4, -0.2) is 59.6 Å². The molecule has 0 aromatic rings. The number of allylic oxidation sites excluding steroid dienone is 5. The van der Waals surface area contributed by atoms with Gasteiger partial charge in [-0.15, -0.1) is 0 Å². The molecule has 0 aromatic heterocycles. The normalized spacial score (nSPS) is 13.3. The standard InChI is InChI=1S/C27H46N4O5S/c1-6-29-27(36)30-17-22(13-14-24(28)32)25(33)31-23(26(34)35)18-37-16-15-21(5)12-8-11-20(4)10-7-9-19(2)3/h9,11,15,22-23H,6-8,10,12-14,16-18H2,1-5H3,(H2,28,32)(H,31,33)(H,34,35)(H2,29,30,36). The van der Waals surface area contributed by atoms with Gasteiger partial charge in [-0.2, -0.15) is 11.8 Å². The van der Waals surface area contributed by atoms with E-state index in [0.29, 0.717) is 12.3 Å². The lowest BCUT2D eigenvalue weighted by molar-refractivity contribution is -0.141. The lowest BCUT2D eigenvalue weighted by atomic mass is 10.0. The molecule has 0 saturated carbocycles. The van der Waals surface area contributed by atoms with Gasteiger partial charge in [0, 0.05) is 31.0 Å². The Balaban J connectivity index is 4.71. The number of carbonyl (C=O) groups excluding carboxylic acids is 3. The molecule has 0 aromatic carbocycles. The highest BCUT2D eigenvalue weighted by Gasteiger charge is 2.26. The van der Waals surface area contributed by atoms with Crippen molar-refractivity contribution < 1.29 is 24.3 Å². The highest BCUT2D eigenvalue weighted by Crippen LogP contribution is 2.14. The first-order valence-corrected chi connectivity index (χ1v) is 14.0. The van der Waals surface area contributed by atoms with E-state index in [0.717, 1.165) is 25.7 Å². The Morgan fingerprint density at radius 3 is 2.11 bits per heavy atom. The summed E-state index contributed by atoms with van der Waals surface area (Å²) in [5.74, 6) is -2.19. The number of primary amides is 1. The van der Waals surface area contributed by atoms with Crippen LogP contribution in [0.25, 0.3) is 0 Å². The molecule has 10 heteroatoms. The molecule has 37 heavy (non-hydrogen) atoms. The fraction of sp³-hybridized carbons (Fsp3) is 0.630. The number of hydrogen-bond acceptors (Lipinski definition) is 5. The average molecular weight is 539 g/mol. The zero-order chi connectivity index (χ0) is 28.2. The number of aliphatic carboxylic acids is 1. The molecule has 0 aliphatic rings. The quantitative estimate of drug-likeness (QED) is 0.124. The predicted octanol–water partition coefficient (Wildman–Crippen LogP) is 3.91. The Kier molecular flexibility index (Phi) is 18.8. The third-order valence-corrected chi connectivity index (χ3v) is 6.50. The van der Waals surface area contributed by atoms with E-state index in [1.807, 2.05) is 0 Å². The second-order valence-electron chi connectivity index (χ2n) is 9.34. The van der Waals surface area contributed by atoms with Crippen LogP contribution < -0.4 is 21.7 Å². The molecule has 4 amide bonds. The third kappa shape index (κ3) is 19.1. The van der Waals surface area contributed by atoms with Gasteiger partial charge in [-0.3, -0.25) is 9.59 Å². The van der Waals surface area contributed by atoms with Crippen molar-refractivity contribution in [3.63, 3.8) is 0 Å². The first-order chi connectivity index (χ1) is 17.5. The zero-order valence-electron chi connectivity index (χ0n) is 23.0. The van der Waals surface area contributed by atoms with Crippen LogP contribution in [0, 0.1) is 5.92 Å². The van der Waals surface area contributed by atoms with Crippen LogP contribution in [0.15, 0.2) is 34.9 Å². The van der Waals surface area contributed by atoms with Crippen molar-refractivity contribution in [3.8, 4) is 0 Å². The molecular formula is C27H46N4O5S. The summed E-state index contributed by atoms with van der Waals surface area (Å²) >= 11 is 1.42. The predicted molar refractivity (Wildman–Crippen MR) is 151 cm³/mol. The van der Waals surface area contributed by atoms with E-state index in [9.17, 15) is 24.3 Å². The number of amides is 4. The summed E-state index contributed by atoms with van der Waals surface area (Å²) in [6.07, 6.45) is 10.7. The van der Waals surface area contributed by atoms with E-state index >= 15 is 0 Å². The van der Waals surface area contributed by atoms with Gasteiger partial charge < -0.3 is 26.8 Å². The molecule has 210 valence electrons. The van der Waals surface area contributed by atoms with Crippen LogP contribution in [-0.2, 0) is 14.4 Å². The van der Waals surface area contributed by atoms with Crippen molar-refractivity contribution in [1.82, 2.24) is 16.0 Å². The van der Waals surface area contributed by atoms with Gasteiger partial charge in [0.1, 0.15) is 6.04 Å². The fourth-order valence-electron chi connectivity index (χ4n) is 3.27. The maximum Gasteiger partial charge on any atom is 0.327 e. The molecule has 6 N–H and O–H groups in total. The molecule has 0 heterocycles. The van der Waals surface area contributed by atoms with Crippen LogP contribution in [0.5, 0.6) is 0 Å². The first kappa shape index (κ1) is 34.2. The minimum absolute atomic E-state index is 0.0325. The number of thioether (sulfide) groups is 1. The smallest absolute Gasteiger partial charge is 0.327 e. The number of nitrogens with two attached hydrogens (primary N) is 1. The Morgan fingerprint density at radius 2 is 1.54 bits per heavy atom. The SMILES string of the molecule is CCNC(=O)NCC(CCC(N)=O)C(=O)NC(CSCC=C(C)CCC=C(C)CCC=C(C)C)C(=O)O. The van der Waals surface area contributed by atoms with E-state index in [-0.39, 0.29) is 25.1 Å². The summed E-state index contributed by atoms with van der Waals surface area (Å²) in [5, 5.41) is 17.2. The molecular weight excluding hydrogens is 492 g/mol. The van der Waals surface area contributed by atoms with Crippen LogP contribution in [0.3, 0.4) is 0 Å². The van der Waals surface area contributed by atoms with Gasteiger partial charge in [0.05, 0.1) is 5.92 Å². The van der Waals surface area contributed by atoms with Crippen molar-refractivity contribution in [1.29, 1.82) is 0 Å². The molecule has 9 nitrogen and oxygen atoms in total. The number of carboxylic acid groups (broad SMARTS) is 1. The van der Waals surface area contributed by atoms with E-state index in [4.69, 9.17) is 5.73 Å². The van der Waals surface area contributed by atoms with Gasteiger partial charge in [-0.1, -0.05) is 34.9 Å². The first-order valence-electron chi connectivity index (χ1n) is 12.8. The topological polar surface area (TPSA) is 151 Å². The summed E-state index contributed by atoms with van der Waals surface area (Å²) in [4.78, 5) is 47.3. The minimum atomic E-state index is -1.14. The summed E-state index contributed by atoms with van der Waals surface area (Å²) in [5.41, 5.74) is 9.15. The summed E-state index contributed by atoms with van der Waals surface area (Å²) in [7, 11) is 0. The molecule has 0 aliphatic carbocycles. The lowest BCUT2D eigenvalue weighted by Crippen LogP contribution is -2.48. The van der Waals surface area contributed by atoms with E-state index in [2.05, 4.69) is 61.9 Å². The fourth-order valence-corrected chi connectivity index (χ4v) is 4.27. The minimum Gasteiger partial charge on any atom is -0.480 e. The second kappa shape index (κ2) is 20.3. The maximum atomic E-state index is 12.7. The summed E-state index contributed by atoms with van der Waals surface area (Å²) < 4.78 is 0. The van der Waals surface area contributed by atoms with Gasteiger partial charge in [0.25, 0.3) is 0 Å². The largest absolute Gasteiger partial charge is 0.480 e. The van der Waals surface area contributed by atoms with E-state index in [1.54, 1.807) is 6.92 Å². The van der Waals surface area contributed by atoms with Gasteiger partial charge >= 0.3 is 12.0 Å². The Bertz CT molecular complexity index is 835. The van der Waals surface area contributed by atoms with Crippen molar-refractivity contribution in [2.75, 3.05) is 24.6 Å². The summed E-state index contributed by atoms with van der Waals surface area (Å²) in [6, 6.07) is -1.53. The lowest BCUT2D eigenvalue weighted by Gasteiger charge is -2.20. The molecule has 0 saturated heterocycles. The molecule has 0 aliphatic heterocycles. The molecule has 0 spiro atoms. The maximum absolute atomic E-state index is 12.7. The number of hydrogen-bond donors (Lipinski definition) is 5. The Hall–Kier alpha value is -2.75. The molecule has 2 atom stereocenters. The third-order valence-electron chi connectivity index (χ3n) is 5.53. The Morgan fingerprint density at radius 1 is 0.919 bits per heavy atom. The van der Waals surface area contributed by atoms with Gasteiger partial charge in [-0.05, 0) is 66.7 Å². The highest BCUT2D eigenvalue weighted by molar-refractivity contribution is 7.99. The highest BCUT2D eigenvalue weighted by atomic mass is 32.2. The molecule has 0 bridgehead atoms. The van der Waals surface area contributed by atoms with Crippen LogP contribution in [0.1, 0.15) is 73.1 Å². The molecule has 0 fully saturated rings. The molecule has 2 unspecified atom stereocenters. The van der Waals surface area contributed by atoms with Crippen molar-refractivity contribution in [3.05, 3.63) is 34.9 Å². The van der Waals surface area contributed by atoms with Crippen LogP contribution in [0.4, 0.5) is 4.79 Å². The van der Waals surface area contributed by atoms with E-state index < -0.39 is 35.8 Å². The average Bonchev–Trinajstić information content (AvgIpc) is 2.80. The number of carbonyl (C=O) groups is 4. The van der Waals surface area contributed by atoms with Crippen LogP contribution in [0.2, 0.25) is 0 Å². The molecule has 0 radical (unpaired) electrons. The number of urea groups is 1. The van der Waals surface area contributed by atoms with Crippen molar-refractivity contribution >= 4 is 35.6 Å². The van der Waals surface area contributed by atoms with Crippen LogP contribution >= 0.6 is 11.8 Å². The second-order valence-corrected chi connectivity index (χ2v) is 10.4. The number of carboxylic acids is 1. The molecule has 0 rings (SSSR count). The van der Waals surface area contributed by atoms with E-state index in [1.165, 1.54) is 28.5 Å². The summed E-state index contributed by atoms with van der Waals surface area (Å²) in [6.45, 7) is 10.6. The number of rotatable bonds is 19. The monoisotopic (exact) mass is 538 g/mol. The van der Waals surface area contributed by atoms with Gasteiger partial charge in [0.15, 0.2) is 0 Å². The van der Waals surface area contributed by atoms with Gasteiger partial charge in [0.2, 0.25) is 11.8 Å².